The molecular formula is C17H22BrN5O. The Kier molecular flexibility index (Phi) is 5.60. The number of hydrogen-bond donors (Lipinski definition) is 1. The van der Waals surface area contributed by atoms with Crippen molar-refractivity contribution < 1.29 is 4.79 Å². The van der Waals surface area contributed by atoms with Gasteiger partial charge in [-0.05, 0) is 55.2 Å². The zero-order chi connectivity index (χ0) is 16.9. The molecule has 1 aromatic carbocycles. The number of aromatic nitrogens is 4. The first-order valence-corrected chi connectivity index (χ1v) is 9.26. The van der Waals surface area contributed by atoms with Crippen LogP contribution in [0, 0.1) is 5.92 Å². The van der Waals surface area contributed by atoms with Crippen molar-refractivity contribution >= 4 is 21.8 Å². The maximum absolute atomic E-state index is 12.3. The Morgan fingerprint density at radius 2 is 2.00 bits per heavy atom. The van der Waals surface area contributed by atoms with E-state index in [0.717, 1.165) is 16.6 Å². The monoisotopic (exact) mass is 391 g/mol. The minimum Gasteiger partial charge on any atom is -0.354 e. The summed E-state index contributed by atoms with van der Waals surface area (Å²) in [6, 6.07) is 7.22. The van der Waals surface area contributed by atoms with Crippen LogP contribution in [0.15, 0.2) is 28.7 Å². The SMILES string of the molecule is CC(C(=O)NCC1CCCCC1)n1nnc(-c2ccc(Br)cc2)n1. The third-order valence-corrected chi connectivity index (χ3v) is 5.07. The second-order valence-electron chi connectivity index (χ2n) is 6.37. The molecule has 3 rings (SSSR count). The molecule has 1 aromatic heterocycles. The number of carbonyl (C=O) groups is 1. The van der Waals surface area contributed by atoms with Gasteiger partial charge in [0.1, 0.15) is 6.04 Å². The fourth-order valence-corrected chi connectivity index (χ4v) is 3.26. The van der Waals surface area contributed by atoms with Crippen LogP contribution in [0.5, 0.6) is 0 Å². The number of rotatable bonds is 5. The molecule has 1 aliphatic carbocycles. The maximum Gasteiger partial charge on any atom is 0.246 e. The highest BCUT2D eigenvalue weighted by atomic mass is 79.9. The molecule has 24 heavy (non-hydrogen) atoms. The molecular weight excluding hydrogens is 370 g/mol. The number of carbonyl (C=O) groups excluding carboxylic acids is 1. The molecule has 1 fully saturated rings. The van der Waals surface area contributed by atoms with E-state index in [9.17, 15) is 4.79 Å². The van der Waals surface area contributed by atoms with Gasteiger partial charge < -0.3 is 5.32 Å². The molecule has 0 spiro atoms. The highest BCUT2D eigenvalue weighted by molar-refractivity contribution is 9.10. The third kappa shape index (κ3) is 4.20. The molecule has 2 aromatic rings. The molecule has 1 atom stereocenters. The summed E-state index contributed by atoms with van der Waals surface area (Å²) in [5.41, 5.74) is 0.874. The van der Waals surface area contributed by atoms with E-state index >= 15 is 0 Å². The molecule has 1 amide bonds. The van der Waals surface area contributed by atoms with Gasteiger partial charge in [0, 0.05) is 16.6 Å². The second-order valence-corrected chi connectivity index (χ2v) is 7.28. The van der Waals surface area contributed by atoms with Gasteiger partial charge in [-0.1, -0.05) is 35.2 Å². The van der Waals surface area contributed by atoms with E-state index in [1.165, 1.54) is 36.9 Å². The van der Waals surface area contributed by atoms with E-state index in [1.807, 2.05) is 24.3 Å². The Bertz CT molecular complexity index is 679. The molecule has 0 bridgehead atoms. The number of nitrogens with one attached hydrogen (secondary N) is 1. The topological polar surface area (TPSA) is 72.7 Å². The number of benzene rings is 1. The van der Waals surface area contributed by atoms with Crippen molar-refractivity contribution in [1.82, 2.24) is 25.5 Å². The number of amides is 1. The molecule has 128 valence electrons. The van der Waals surface area contributed by atoms with Crippen molar-refractivity contribution in [3.05, 3.63) is 28.7 Å². The maximum atomic E-state index is 12.3. The van der Waals surface area contributed by atoms with E-state index in [0.29, 0.717) is 11.7 Å². The van der Waals surface area contributed by atoms with Crippen LogP contribution in [0.2, 0.25) is 0 Å². The van der Waals surface area contributed by atoms with Gasteiger partial charge in [0.2, 0.25) is 11.7 Å². The predicted molar refractivity (Wildman–Crippen MR) is 95.2 cm³/mol. The number of hydrogen-bond acceptors (Lipinski definition) is 4. The third-order valence-electron chi connectivity index (χ3n) is 4.55. The lowest BCUT2D eigenvalue weighted by atomic mass is 9.89. The number of nitrogens with zero attached hydrogens (tertiary/aromatic N) is 4. The minimum atomic E-state index is -0.467. The first-order valence-electron chi connectivity index (χ1n) is 8.46. The van der Waals surface area contributed by atoms with Gasteiger partial charge in [-0.15, -0.1) is 10.2 Å². The number of halogens is 1. The highest BCUT2D eigenvalue weighted by Crippen LogP contribution is 2.23. The molecule has 0 aliphatic heterocycles. The van der Waals surface area contributed by atoms with Crippen molar-refractivity contribution in [2.24, 2.45) is 5.92 Å². The van der Waals surface area contributed by atoms with Crippen LogP contribution in [-0.2, 0) is 4.79 Å². The average molecular weight is 392 g/mol. The minimum absolute atomic E-state index is 0.0553. The summed E-state index contributed by atoms with van der Waals surface area (Å²) in [6.45, 7) is 2.54. The van der Waals surface area contributed by atoms with Gasteiger partial charge in [-0.3, -0.25) is 4.79 Å². The van der Waals surface area contributed by atoms with Crippen molar-refractivity contribution in [1.29, 1.82) is 0 Å². The zero-order valence-electron chi connectivity index (χ0n) is 13.8. The van der Waals surface area contributed by atoms with Crippen LogP contribution < -0.4 is 5.32 Å². The Morgan fingerprint density at radius 1 is 1.29 bits per heavy atom. The van der Waals surface area contributed by atoms with Gasteiger partial charge in [0.05, 0.1) is 0 Å². The Morgan fingerprint density at radius 3 is 2.71 bits per heavy atom. The van der Waals surface area contributed by atoms with Crippen LogP contribution in [0.25, 0.3) is 11.4 Å². The number of tetrazole rings is 1. The molecule has 6 nitrogen and oxygen atoms in total. The van der Waals surface area contributed by atoms with Crippen LogP contribution >= 0.6 is 15.9 Å². The van der Waals surface area contributed by atoms with E-state index in [4.69, 9.17) is 0 Å². The first kappa shape index (κ1) is 17.1. The zero-order valence-corrected chi connectivity index (χ0v) is 15.4. The molecule has 7 heteroatoms. The van der Waals surface area contributed by atoms with Gasteiger partial charge in [0.15, 0.2) is 0 Å². The summed E-state index contributed by atoms with van der Waals surface area (Å²) in [5, 5.41) is 15.5. The van der Waals surface area contributed by atoms with Crippen LogP contribution in [-0.4, -0.2) is 32.7 Å². The fraction of sp³-hybridized carbons (Fsp3) is 0.529. The lowest BCUT2D eigenvalue weighted by molar-refractivity contribution is -0.124. The van der Waals surface area contributed by atoms with E-state index in [1.54, 1.807) is 6.92 Å². The summed E-state index contributed by atoms with van der Waals surface area (Å²) < 4.78 is 0.995. The predicted octanol–water partition coefficient (Wildman–Crippen LogP) is 3.36. The Labute approximate surface area is 150 Å². The van der Waals surface area contributed by atoms with Crippen LogP contribution in [0.1, 0.15) is 45.1 Å². The molecule has 1 N–H and O–H groups in total. The molecule has 1 heterocycles. The molecule has 1 aliphatic rings. The Balaban J connectivity index is 1.59. The quantitative estimate of drug-likeness (QED) is 0.847. The van der Waals surface area contributed by atoms with Crippen LogP contribution in [0.4, 0.5) is 0 Å². The van der Waals surface area contributed by atoms with Crippen molar-refractivity contribution in [3.63, 3.8) is 0 Å². The average Bonchev–Trinajstić information content (AvgIpc) is 3.10. The molecule has 0 saturated heterocycles. The van der Waals surface area contributed by atoms with E-state index in [2.05, 4.69) is 36.7 Å². The van der Waals surface area contributed by atoms with Crippen molar-refractivity contribution in [3.8, 4) is 11.4 Å². The summed E-state index contributed by atoms with van der Waals surface area (Å²) in [5.74, 6) is 1.08. The lowest BCUT2D eigenvalue weighted by Crippen LogP contribution is -2.35. The first-order chi connectivity index (χ1) is 11.6. The summed E-state index contributed by atoms with van der Waals surface area (Å²) >= 11 is 3.40. The largest absolute Gasteiger partial charge is 0.354 e. The van der Waals surface area contributed by atoms with Crippen LogP contribution in [0.3, 0.4) is 0 Å². The molecule has 1 unspecified atom stereocenters. The van der Waals surface area contributed by atoms with Crippen molar-refractivity contribution in [2.45, 2.75) is 45.1 Å². The van der Waals surface area contributed by atoms with E-state index in [-0.39, 0.29) is 5.91 Å². The van der Waals surface area contributed by atoms with E-state index < -0.39 is 6.04 Å². The second kappa shape index (κ2) is 7.88. The smallest absolute Gasteiger partial charge is 0.246 e. The summed E-state index contributed by atoms with van der Waals surface area (Å²) in [6.07, 6.45) is 6.30. The van der Waals surface area contributed by atoms with Gasteiger partial charge in [-0.2, -0.15) is 4.80 Å². The van der Waals surface area contributed by atoms with Gasteiger partial charge in [0.25, 0.3) is 0 Å². The Hall–Kier alpha value is -1.76. The highest BCUT2D eigenvalue weighted by Gasteiger charge is 2.20. The fourth-order valence-electron chi connectivity index (χ4n) is 2.99. The summed E-state index contributed by atoms with van der Waals surface area (Å²) in [4.78, 5) is 13.7. The standard InChI is InChI=1S/C17H22BrN5O/c1-12(17(24)19-11-13-5-3-2-4-6-13)23-21-16(20-22-23)14-7-9-15(18)10-8-14/h7-10,12-13H,2-6,11H2,1H3,(H,19,24). The summed E-state index contributed by atoms with van der Waals surface area (Å²) in [7, 11) is 0. The normalized spacial score (nSPS) is 16.8. The van der Waals surface area contributed by atoms with Crippen molar-refractivity contribution in [2.75, 3.05) is 6.54 Å². The molecule has 0 radical (unpaired) electrons. The molecule has 1 saturated carbocycles. The van der Waals surface area contributed by atoms with Gasteiger partial charge in [-0.25, -0.2) is 0 Å². The van der Waals surface area contributed by atoms with Gasteiger partial charge >= 0.3 is 0 Å². The lowest BCUT2D eigenvalue weighted by Gasteiger charge is -2.22.